The Morgan fingerprint density at radius 1 is 1.24 bits per heavy atom. The zero-order valence-corrected chi connectivity index (χ0v) is 13.0. The van der Waals surface area contributed by atoms with Gasteiger partial charge in [0.05, 0.1) is 0 Å². The lowest BCUT2D eigenvalue weighted by atomic mass is 10.0. The fourth-order valence-corrected chi connectivity index (χ4v) is 3.46. The van der Waals surface area contributed by atoms with Crippen molar-refractivity contribution in [2.45, 2.75) is 50.0 Å². The van der Waals surface area contributed by atoms with Gasteiger partial charge in [-0.05, 0) is 38.3 Å². The quantitative estimate of drug-likeness (QED) is 0.870. The Bertz CT molecular complexity index is 468. The molecule has 2 aliphatic heterocycles. The zero-order chi connectivity index (χ0) is 14.1. The summed E-state index contributed by atoms with van der Waals surface area (Å²) in [6.07, 6.45) is 2.94. The molecular weight excluding hydrogens is 290 g/mol. The van der Waals surface area contributed by atoms with Gasteiger partial charge in [-0.1, -0.05) is 30.3 Å². The first kappa shape index (κ1) is 16.3. The van der Waals surface area contributed by atoms with E-state index < -0.39 is 12.1 Å². The molecule has 0 saturated carbocycles. The number of hydrogen-bond donors (Lipinski definition) is 1. The van der Waals surface area contributed by atoms with Crippen LogP contribution in [-0.4, -0.2) is 41.2 Å². The molecule has 0 amide bonds. The molecule has 0 aromatic heterocycles. The van der Waals surface area contributed by atoms with Crippen LogP contribution in [0.4, 0.5) is 0 Å². The van der Waals surface area contributed by atoms with Crippen molar-refractivity contribution >= 4 is 18.4 Å². The Morgan fingerprint density at radius 2 is 1.81 bits per heavy atom. The lowest BCUT2D eigenvalue weighted by Crippen LogP contribution is -2.43. The highest BCUT2D eigenvalue weighted by atomic mass is 35.5. The van der Waals surface area contributed by atoms with E-state index >= 15 is 0 Å². The van der Waals surface area contributed by atoms with E-state index in [1.807, 2.05) is 18.2 Å². The van der Waals surface area contributed by atoms with Crippen LogP contribution in [0.15, 0.2) is 30.3 Å². The molecule has 1 aromatic rings. The fourth-order valence-electron chi connectivity index (χ4n) is 3.46. The van der Waals surface area contributed by atoms with Gasteiger partial charge in [-0.2, -0.15) is 0 Å². The highest BCUT2D eigenvalue weighted by molar-refractivity contribution is 5.85. The number of esters is 1. The van der Waals surface area contributed by atoms with Crippen LogP contribution in [0.5, 0.6) is 0 Å². The van der Waals surface area contributed by atoms with Gasteiger partial charge < -0.3 is 14.7 Å². The normalized spacial score (nSPS) is 29.5. The van der Waals surface area contributed by atoms with E-state index in [1.54, 1.807) is 12.1 Å². The maximum absolute atomic E-state index is 12.0. The van der Waals surface area contributed by atoms with E-state index in [0.29, 0.717) is 17.6 Å². The first-order valence-electron chi connectivity index (χ1n) is 7.30. The van der Waals surface area contributed by atoms with E-state index in [4.69, 9.17) is 4.74 Å². The predicted octanol–water partition coefficient (Wildman–Crippen LogP) is 2.31. The SMILES string of the molecule is CN1C2CCC1CC(OC(=O)C(O)c1ccccc1)C2.Cl. The standard InChI is InChI=1S/C16H21NO3.ClH/c1-17-12-7-8-13(17)10-14(9-12)20-16(19)15(18)11-5-3-2-4-6-11;/h2-6,12-15,18H,7-10H2,1H3;1H. The summed E-state index contributed by atoms with van der Waals surface area (Å²) in [5.41, 5.74) is 0.591. The number of hydrogen-bond acceptors (Lipinski definition) is 4. The minimum Gasteiger partial charge on any atom is -0.460 e. The van der Waals surface area contributed by atoms with Crippen molar-refractivity contribution in [1.82, 2.24) is 4.90 Å². The van der Waals surface area contributed by atoms with Crippen LogP contribution in [0.3, 0.4) is 0 Å². The molecule has 1 N–H and O–H groups in total. The first-order chi connectivity index (χ1) is 9.65. The predicted molar refractivity (Wildman–Crippen MR) is 82.3 cm³/mol. The van der Waals surface area contributed by atoms with Crippen molar-refractivity contribution < 1.29 is 14.6 Å². The fraction of sp³-hybridized carbons (Fsp3) is 0.562. The molecule has 2 heterocycles. The van der Waals surface area contributed by atoms with E-state index in [1.165, 1.54) is 12.8 Å². The topological polar surface area (TPSA) is 49.8 Å². The van der Waals surface area contributed by atoms with Gasteiger partial charge in [-0.15, -0.1) is 12.4 Å². The molecule has 3 unspecified atom stereocenters. The summed E-state index contributed by atoms with van der Waals surface area (Å²) in [7, 11) is 2.15. The Kier molecular flexibility index (Phi) is 5.25. The number of carbonyl (C=O) groups excluding carboxylic acids is 1. The van der Waals surface area contributed by atoms with Gasteiger partial charge in [0.15, 0.2) is 6.10 Å². The number of benzene rings is 1. The second-order valence-corrected chi connectivity index (χ2v) is 5.89. The molecule has 2 saturated heterocycles. The van der Waals surface area contributed by atoms with Crippen molar-refractivity contribution in [1.29, 1.82) is 0 Å². The van der Waals surface area contributed by atoms with Crippen molar-refractivity contribution in [2.75, 3.05) is 7.05 Å². The molecule has 3 rings (SSSR count). The summed E-state index contributed by atoms with van der Waals surface area (Å²) in [6.45, 7) is 0. The average molecular weight is 312 g/mol. The number of aliphatic hydroxyl groups is 1. The Labute approximate surface area is 131 Å². The minimum absolute atomic E-state index is 0. The van der Waals surface area contributed by atoms with Crippen LogP contribution >= 0.6 is 12.4 Å². The Balaban J connectivity index is 0.00000161. The molecule has 5 heteroatoms. The summed E-state index contributed by atoms with van der Waals surface area (Å²) in [5, 5.41) is 10.0. The zero-order valence-electron chi connectivity index (χ0n) is 12.1. The molecule has 2 bridgehead atoms. The number of fused-ring (bicyclic) bond motifs is 2. The largest absolute Gasteiger partial charge is 0.460 e. The molecule has 1 aromatic carbocycles. The van der Waals surface area contributed by atoms with Crippen LogP contribution < -0.4 is 0 Å². The molecule has 0 aliphatic carbocycles. The highest BCUT2D eigenvalue weighted by Gasteiger charge is 2.40. The first-order valence-corrected chi connectivity index (χ1v) is 7.30. The van der Waals surface area contributed by atoms with Crippen LogP contribution in [0.25, 0.3) is 0 Å². The Hall–Kier alpha value is -1.10. The van der Waals surface area contributed by atoms with Crippen molar-refractivity contribution in [2.24, 2.45) is 0 Å². The third-order valence-corrected chi connectivity index (χ3v) is 4.68. The van der Waals surface area contributed by atoms with Crippen molar-refractivity contribution in [3.05, 3.63) is 35.9 Å². The van der Waals surface area contributed by atoms with Gasteiger partial charge in [-0.25, -0.2) is 4.79 Å². The van der Waals surface area contributed by atoms with Crippen molar-refractivity contribution in [3.8, 4) is 0 Å². The third kappa shape index (κ3) is 3.39. The van der Waals surface area contributed by atoms with Gasteiger partial charge in [0, 0.05) is 12.1 Å². The van der Waals surface area contributed by atoms with E-state index in [-0.39, 0.29) is 18.5 Å². The van der Waals surface area contributed by atoms with Crippen LogP contribution in [0.2, 0.25) is 0 Å². The second kappa shape index (κ2) is 6.77. The second-order valence-electron chi connectivity index (χ2n) is 5.89. The van der Waals surface area contributed by atoms with Crippen LogP contribution in [0.1, 0.15) is 37.4 Å². The molecule has 2 aliphatic rings. The minimum atomic E-state index is -1.17. The summed E-state index contributed by atoms with van der Waals surface area (Å²) < 4.78 is 5.52. The van der Waals surface area contributed by atoms with Gasteiger partial charge in [0.1, 0.15) is 6.10 Å². The van der Waals surface area contributed by atoms with Gasteiger partial charge >= 0.3 is 5.97 Å². The van der Waals surface area contributed by atoms with Gasteiger partial charge in [0.2, 0.25) is 0 Å². The average Bonchev–Trinajstić information content (AvgIpc) is 2.69. The van der Waals surface area contributed by atoms with E-state index in [9.17, 15) is 9.90 Å². The molecule has 3 atom stereocenters. The van der Waals surface area contributed by atoms with Crippen LogP contribution in [-0.2, 0) is 9.53 Å². The summed E-state index contributed by atoms with van der Waals surface area (Å²) in [6, 6.07) is 10.0. The maximum Gasteiger partial charge on any atom is 0.339 e. The number of nitrogens with zero attached hydrogens (tertiary/aromatic N) is 1. The molecule has 0 spiro atoms. The third-order valence-electron chi connectivity index (χ3n) is 4.68. The van der Waals surface area contributed by atoms with Gasteiger partial charge in [-0.3, -0.25) is 0 Å². The molecule has 2 fully saturated rings. The molecule has 0 radical (unpaired) electrons. The smallest absolute Gasteiger partial charge is 0.339 e. The molecule has 116 valence electrons. The highest BCUT2D eigenvalue weighted by Crippen LogP contribution is 2.35. The lowest BCUT2D eigenvalue weighted by Gasteiger charge is -2.36. The summed E-state index contributed by atoms with van der Waals surface area (Å²) >= 11 is 0. The monoisotopic (exact) mass is 311 g/mol. The number of aliphatic hydroxyl groups excluding tert-OH is 1. The van der Waals surface area contributed by atoms with E-state index in [0.717, 1.165) is 12.8 Å². The Morgan fingerprint density at radius 3 is 2.38 bits per heavy atom. The van der Waals surface area contributed by atoms with Gasteiger partial charge in [0.25, 0.3) is 0 Å². The maximum atomic E-state index is 12.0. The van der Waals surface area contributed by atoms with Crippen molar-refractivity contribution in [3.63, 3.8) is 0 Å². The lowest BCUT2D eigenvalue weighted by molar-refractivity contribution is -0.162. The number of halogens is 1. The number of rotatable bonds is 3. The molecule has 21 heavy (non-hydrogen) atoms. The van der Waals surface area contributed by atoms with Crippen LogP contribution in [0, 0.1) is 0 Å². The number of piperidine rings is 1. The van der Waals surface area contributed by atoms with E-state index in [2.05, 4.69) is 11.9 Å². The number of ether oxygens (including phenoxy) is 1. The summed E-state index contributed by atoms with van der Waals surface area (Å²) in [5.74, 6) is -0.523. The molecule has 4 nitrogen and oxygen atoms in total. The molecular formula is C16H22ClNO3. The summed E-state index contributed by atoms with van der Waals surface area (Å²) in [4.78, 5) is 14.4. The number of carbonyl (C=O) groups is 1.